The predicted octanol–water partition coefficient (Wildman–Crippen LogP) is 3.71. The van der Waals surface area contributed by atoms with Crippen molar-refractivity contribution < 1.29 is 9.15 Å². The number of rotatable bonds is 4. The average Bonchev–Trinajstić information content (AvgIpc) is 2.81. The van der Waals surface area contributed by atoms with Gasteiger partial charge >= 0.3 is 0 Å². The quantitative estimate of drug-likeness (QED) is 0.777. The van der Waals surface area contributed by atoms with Gasteiger partial charge in [-0.2, -0.15) is 0 Å². The normalized spacial score (nSPS) is 14.5. The van der Waals surface area contributed by atoms with Crippen LogP contribution in [-0.2, 0) is 4.74 Å². The Morgan fingerprint density at radius 3 is 2.53 bits per heavy atom. The van der Waals surface area contributed by atoms with Gasteiger partial charge in [-0.15, -0.1) is 11.6 Å². The number of hydrogen-bond donors (Lipinski definition) is 0. The Hall–Kier alpha value is -1.32. The van der Waals surface area contributed by atoms with Gasteiger partial charge in [-0.1, -0.05) is 30.3 Å². The topological polar surface area (TPSA) is 35.3 Å². The maximum Gasteiger partial charge on any atom is 0.212 e. The molecule has 0 aliphatic rings. The first-order valence-electron chi connectivity index (χ1n) is 5.39. The van der Waals surface area contributed by atoms with E-state index in [0.717, 1.165) is 5.56 Å². The Bertz CT molecular complexity index is 467. The number of oxazole rings is 1. The highest BCUT2D eigenvalue weighted by Crippen LogP contribution is 2.28. The lowest BCUT2D eigenvalue weighted by atomic mass is 10.1. The maximum atomic E-state index is 5.91. The van der Waals surface area contributed by atoms with Crippen LogP contribution < -0.4 is 0 Å². The first-order valence-corrected chi connectivity index (χ1v) is 5.83. The molecule has 17 heavy (non-hydrogen) atoms. The van der Waals surface area contributed by atoms with E-state index >= 15 is 0 Å². The molecule has 0 bridgehead atoms. The third kappa shape index (κ3) is 2.68. The lowest BCUT2D eigenvalue weighted by Gasteiger charge is -2.12. The van der Waals surface area contributed by atoms with Gasteiger partial charge in [-0.3, -0.25) is 0 Å². The molecule has 2 rings (SSSR count). The van der Waals surface area contributed by atoms with E-state index in [4.69, 9.17) is 20.8 Å². The second kappa shape index (κ2) is 5.34. The molecule has 4 heteroatoms. The summed E-state index contributed by atoms with van der Waals surface area (Å²) in [4.78, 5) is 4.13. The van der Waals surface area contributed by atoms with Gasteiger partial charge < -0.3 is 9.15 Å². The third-order valence-corrected chi connectivity index (χ3v) is 2.66. The minimum Gasteiger partial charge on any atom is -0.441 e. The molecule has 1 aromatic heterocycles. The van der Waals surface area contributed by atoms with Crippen molar-refractivity contribution in [1.82, 2.24) is 4.98 Å². The first-order chi connectivity index (χ1) is 8.22. The van der Waals surface area contributed by atoms with Crippen LogP contribution in [0.4, 0.5) is 0 Å². The summed E-state index contributed by atoms with van der Waals surface area (Å²) in [5.74, 6) is 1.18. The summed E-state index contributed by atoms with van der Waals surface area (Å²) >= 11 is 5.91. The van der Waals surface area contributed by atoms with Gasteiger partial charge in [0.05, 0.1) is 6.20 Å². The Morgan fingerprint density at radius 2 is 2.00 bits per heavy atom. The summed E-state index contributed by atoms with van der Waals surface area (Å²) in [5, 5.41) is -0.239. The van der Waals surface area contributed by atoms with Crippen molar-refractivity contribution >= 4 is 11.6 Å². The largest absolute Gasteiger partial charge is 0.441 e. The number of halogens is 1. The Labute approximate surface area is 105 Å². The molecule has 2 unspecified atom stereocenters. The molecule has 0 N–H and O–H groups in total. The van der Waals surface area contributed by atoms with Crippen molar-refractivity contribution in [3.63, 3.8) is 0 Å². The minimum absolute atomic E-state index is 0.239. The zero-order valence-electron chi connectivity index (χ0n) is 9.76. The van der Waals surface area contributed by atoms with Crippen molar-refractivity contribution in [2.45, 2.75) is 18.4 Å². The summed E-state index contributed by atoms with van der Waals surface area (Å²) in [6.07, 6.45) is 1.42. The van der Waals surface area contributed by atoms with Gasteiger partial charge in [0.2, 0.25) is 5.89 Å². The van der Waals surface area contributed by atoms with Gasteiger partial charge in [-0.05, 0) is 12.5 Å². The molecule has 0 spiro atoms. The number of alkyl halides is 1. The molecule has 1 heterocycles. The zero-order chi connectivity index (χ0) is 12.3. The van der Waals surface area contributed by atoms with Crippen LogP contribution in [0.5, 0.6) is 0 Å². The summed E-state index contributed by atoms with van der Waals surface area (Å²) in [7, 11) is 1.64. The van der Waals surface area contributed by atoms with Crippen molar-refractivity contribution in [3.05, 3.63) is 53.7 Å². The number of aromatic nitrogens is 1. The SMILES string of the molecule is COC(c1ccccc1)c1cnc(C(C)Cl)o1. The van der Waals surface area contributed by atoms with Crippen LogP contribution in [0, 0.1) is 0 Å². The fourth-order valence-electron chi connectivity index (χ4n) is 1.65. The average molecular weight is 252 g/mol. The van der Waals surface area contributed by atoms with Gasteiger partial charge in [0.15, 0.2) is 5.76 Å². The minimum atomic E-state index is -0.243. The van der Waals surface area contributed by atoms with Crippen LogP contribution in [0.3, 0.4) is 0 Å². The lowest BCUT2D eigenvalue weighted by Crippen LogP contribution is -2.01. The van der Waals surface area contributed by atoms with E-state index in [2.05, 4.69) is 4.98 Å². The van der Waals surface area contributed by atoms with E-state index in [1.54, 1.807) is 13.3 Å². The second-order valence-electron chi connectivity index (χ2n) is 3.74. The van der Waals surface area contributed by atoms with Crippen LogP contribution in [0.1, 0.15) is 35.6 Å². The van der Waals surface area contributed by atoms with Crippen LogP contribution in [0.2, 0.25) is 0 Å². The summed E-state index contributed by atoms with van der Waals surface area (Å²) < 4.78 is 11.0. The number of benzene rings is 1. The molecule has 90 valence electrons. The number of nitrogens with zero attached hydrogens (tertiary/aromatic N) is 1. The number of ether oxygens (including phenoxy) is 1. The molecular weight excluding hydrogens is 238 g/mol. The second-order valence-corrected chi connectivity index (χ2v) is 4.40. The standard InChI is InChI=1S/C13H14ClNO2/c1-9(14)13-15-8-11(17-13)12(16-2)10-6-4-3-5-7-10/h3-9,12H,1-2H3. The van der Waals surface area contributed by atoms with Crippen LogP contribution in [0.15, 0.2) is 40.9 Å². The Balaban J connectivity index is 2.29. The van der Waals surface area contributed by atoms with Crippen molar-refractivity contribution in [2.24, 2.45) is 0 Å². The highest BCUT2D eigenvalue weighted by atomic mass is 35.5. The number of hydrogen-bond acceptors (Lipinski definition) is 3. The molecule has 0 saturated heterocycles. The summed E-state index contributed by atoms with van der Waals surface area (Å²) in [5.41, 5.74) is 1.03. The van der Waals surface area contributed by atoms with Crippen molar-refractivity contribution in [1.29, 1.82) is 0 Å². The molecule has 0 amide bonds. The monoisotopic (exact) mass is 251 g/mol. The van der Waals surface area contributed by atoms with E-state index in [-0.39, 0.29) is 11.5 Å². The molecule has 0 aliphatic heterocycles. The van der Waals surface area contributed by atoms with E-state index in [9.17, 15) is 0 Å². The van der Waals surface area contributed by atoms with E-state index in [1.807, 2.05) is 37.3 Å². The van der Waals surface area contributed by atoms with E-state index in [0.29, 0.717) is 11.7 Å². The van der Waals surface area contributed by atoms with Crippen molar-refractivity contribution in [2.75, 3.05) is 7.11 Å². The Kier molecular flexibility index (Phi) is 3.82. The smallest absolute Gasteiger partial charge is 0.212 e. The van der Waals surface area contributed by atoms with Crippen LogP contribution >= 0.6 is 11.6 Å². The molecular formula is C13H14ClNO2. The highest BCUT2D eigenvalue weighted by molar-refractivity contribution is 6.20. The third-order valence-electron chi connectivity index (χ3n) is 2.48. The molecule has 1 aromatic carbocycles. The fraction of sp³-hybridized carbons (Fsp3) is 0.308. The van der Waals surface area contributed by atoms with Crippen LogP contribution in [0.25, 0.3) is 0 Å². The molecule has 0 radical (unpaired) electrons. The van der Waals surface area contributed by atoms with E-state index in [1.165, 1.54) is 0 Å². The molecule has 2 aromatic rings. The molecule has 0 fully saturated rings. The first kappa shape index (κ1) is 12.1. The van der Waals surface area contributed by atoms with Crippen LogP contribution in [-0.4, -0.2) is 12.1 Å². The van der Waals surface area contributed by atoms with Gasteiger partial charge in [0.25, 0.3) is 0 Å². The molecule has 0 aliphatic carbocycles. The maximum absolute atomic E-state index is 5.91. The zero-order valence-corrected chi connectivity index (χ0v) is 10.5. The highest BCUT2D eigenvalue weighted by Gasteiger charge is 2.19. The number of methoxy groups -OCH3 is 1. The molecule has 0 saturated carbocycles. The molecule has 2 atom stereocenters. The summed E-state index contributed by atoms with van der Waals surface area (Å²) in [6, 6.07) is 9.86. The summed E-state index contributed by atoms with van der Waals surface area (Å²) in [6.45, 7) is 1.82. The molecule has 3 nitrogen and oxygen atoms in total. The lowest BCUT2D eigenvalue weighted by molar-refractivity contribution is 0.115. The van der Waals surface area contributed by atoms with Gasteiger partial charge in [0.1, 0.15) is 11.5 Å². The van der Waals surface area contributed by atoms with Gasteiger partial charge in [0, 0.05) is 7.11 Å². The van der Waals surface area contributed by atoms with E-state index < -0.39 is 0 Å². The van der Waals surface area contributed by atoms with Gasteiger partial charge in [-0.25, -0.2) is 4.98 Å². The predicted molar refractivity (Wildman–Crippen MR) is 66.1 cm³/mol. The van der Waals surface area contributed by atoms with Crippen molar-refractivity contribution in [3.8, 4) is 0 Å². The Morgan fingerprint density at radius 1 is 1.29 bits per heavy atom. The fourth-order valence-corrected chi connectivity index (χ4v) is 1.75.